The predicted octanol–water partition coefficient (Wildman–Crippen LogP) is 3.12. The van der Waals surface area contributed by atoms with Crippen molar-refractivity contribution in [3.63, 3.8) is 0 Å². The molecule has 0 saturated carbocycles. The maximum atomic E-state index is 11.4. The van der Waals surface area contributed by atoms with Gasteiger partial charge in [-0.2, -0.15) is 0 Å². The first-order valence-corrected chi connectivity index (χ1v) is 7.98. The van der Waals surface area contributed by atoms with Crippen LogP contribution in [0.1, 0.15) is 66.7 Å². The number of rotatable bonds is 11. The molecule has 0 rings (SSSR count). The van der Waals surface area contributed by atoms with Gasteiger partial charge in [-0.1, -0.05) is 13.8 Å². The Hall–Kier alpha value is -0.610. The summed E-state index contributed by atoms with van der Waals surface area (Å²) >= 11 is 0. The van der Waals surface area contributed by atoms with Gasteiger partial charge < -0.3 is 10.0 Å². The fraction of sp³-hybridized carbons (Fsp3) is 0.938. The highest BCUT2D eigenvalue weighted by atomic mass is 16.4. The maximum absolute atomic E-state index is 11.4. The van der Waals surface area contributed by atoms with E-state index >= 15 is 0 Å². The van der Waals surface area contributed by atoms with Gasteiger partial charge in [0.1, 0.15) is 5.54 Å². The van der Waals surface area contributed by atoms with Gasteiger partial charge in [-0.15, -0.1) is 0 Å². The first kappa shape index (κ1) is 19.4. The Labute approximate surface area is 124 Å². The largest absolute Gasteiger partial charge is 0.480 e. The fourth-order valence-corrected chi connectivity index (χ4v) is 2.81. The lowest BCUT2D eigenvalue weighted by atomic mass is 9.94. The minimum Gasteiger partial charge on any atom is -0.480 e. The smallest absolute Gasteiger partial charge is 0.323 e. The molecule has 4 nitrogen and oxygen atoms in total. The molecule has 1 atom stereocenters. The van der Waals surface area contributed by atoms with Crippen molar-refractivity contribution in [3.8, 4) is 0 Å². The number of carbonyl (C=O) groups is 1. The number of nitrogens with zero attached hydrogens (tertiary/aromatic N) is 1. The van der Waals surface area contributed by atoms with E-state index in [0.717, 1.165) is 19.4 Å². The Bertz CT molecular complexity index is 278. The third-order valence-electron chi connectivity index (χ3n) is 4.08. The Morgan fingerprint density at radius 3 is 2.20 bits per heavy atom. The molecule has 0 spiro atoms. The van der Waals surface area contributed by atoms with Crippen LogP contribution in [0.25, 0.3) is 0 Å². The van der Waals surface area contributed by atoms with Crippen molar-refractivity contribution in [2.24, 2.45) is 0 Å². The minimum atomic E-state index is -0.804. The summed E-state index contributed by atoms with van der Waals surface area (Å²) in [5.41, 5.74) is -0.804. The number of unbranched alkanes of at least 4 members (excludes halogenated alkanes) is 1. The predicted molar refractivity (Wildman–Crippen MR) is 85.2 cm³/mol. The third-order valence-corrected chi connectivity index (χ3v) is 4.08. The molecule has 0 aliphatic rings. The molecule has 1 unspecified atom stereocenters. The highest BCUT2D eigenvalue weighted by Crippen LogP contribution is 2.16. The standard InChI is InChI=1S/C16H34N2O2/c1-7-14(8-2)18(6)12-10-9-11-16(5,15(19)20)17-13(3)4/h13-14,17H,7-12H2,1-6H3,(H,19,20). The van der Waals surface area contributed by atoms with Crippen molar-refractivity contribution in [2.45, 2.75) is 84.3 Å². The Kier molecular flexibility index (Phi) is 9.06. The zero-order valence-corrected chi connectivity index (χ0v) is 14.2. The van der Waals surface area contributed by atoms with Gasteiger partial charge in [-0.3, -0.25) is 10.1 Å². The van der Waals surface area contributed by atoms with Gasteiger partial charge in [0.05, 0.1) is 0 Å². The van der Waals surface area contributed by atoms with Crippen LogP contribution < -0.4 is 5.32 Å². The topological polar surface area (TPSA) is 52.6 Å². The molecule has 0 aliphatic heterocycles. The number of carboxylic acids is 1. The lowest BCUT2D eigenvalue weighted by molar-refractivity contribution is -0.144. The van der Waals surface area contributed by atoms with E-state index in [-0.39, 0.29) is 6.04 Å². The second-order valence-electron chi connectivity index (χ2n) is 6.34. The second kappa shape index (κ2) is 9.35. The third kappa shape index (κ3) is 6.71. The molecule has 4 heteroatoms. The quantitative estimate of drug-likeness (QED) is 0.573. The Morgan fingerprint density at radius 2 is 1.80 bits per heavy atom. The van der Waals surface area contributed by atoms with Crippen LogP contribution in [0.2, 0.25) is 0 Å². The molecular formula is C16H34N2O2. The van der Waals surface area contributed by atoms with E-state index in [1.54, 1.807) is 6.92 Å². The van der Waals surface area contributed by atoms with Crippen LogP contribution in [0.15, 0.2) is 0 Å². The number of aliphatic carboxylic acids is 1. The highest BCUT2D eigenvalue weighted by Gasteiger charge is 2.32. The highest BCUT2D eigenvalue weighted by molar-refractivity contribution is 5.78. The summed E-state index contributed by atoms with van der Waals surface area (Å²) in [6.07, 6.45) is 5.02. The summed E-state index contributed by atoms with van der Waals surface area (Å²) in [5, 5.41) is 12.6. The molecule has 0 aliphatic carbocycles. The molecule has 0 heterocycles. The van der Waals surface area contributed by atoms with Crippen LogP contribution in [0, 0.1) is 0 Å². The molecule has 0 aromatic heterocycles. The molecule has 0 aromatic rings. The van der Waals surface area contributed by atoms with E-state index in [1.807, 2.05) is 13.8 Å². The Morgan fingerprint density at radius 1 is 1.25 bits per heavy atom. The van der Waals surface area contributed by atoms with E-state index in [2.05, 4.69) is 31.1 Å². The van der Waals surface area contributed by atoms with Crippen LogP contribution in [0.3, 0.4) is 0 Å². The van der Waals surface area contributed by atoms with Crippen molar-refractivity contribution in [2.75, 3.05) is 13.6 Å². The zero-order chi connectivity index (χ0) is 15.8. The normalized spacial score (nSPS) is 15.1. The van der Waals surface area contributed by atoms with Gasteiger partial charge in [-0.25, -0.2) is 0 Å². The van der Waals surface area contributed by atoms with Crippen molar-refractivity contribution in [1.82, 2.24) is 10.2 Å². The second-order valence-corrected chi connectivity index (χ2v) is 6.34. The van der Waals surface area contributed by atoms with Crippen LogP contribution in [-0.4, -0.2) is 47.2 Å². The zero-order valence-electron chi connectivity index (χ0n) is 14.2. The van der Waals surface area contributed by atoms with E-state index < -0.39 is 11.5 Å². The monoisotopic (exact) mass is 286 g/mol. The molecule has 2 N–H and O–H groups in total. The van der Waals surface area contributed by atoms with Gasteiger partial charge in [0, 0.05) is 12.1 Å². The molecule has 0 amide bonds. The summed E-state index contributed by atoms with van der Waals surface area (Å²) < 4.78 is 0. The van der Waals surface area contributed by atoms with Crippen molar-refractivity contribution in [1.29, 1.82) is 0 Å². The molecule has 0 bridgehead atoms. The fourth-order valence-electron chi connectivity index (χ4n) is 2.81. The van der Waals surface area contributed by atoms with Crippen molar-refractivity contribution < 1.29 is 9.90 Å². The summed E-state index contributed by atoms with van der Waals surface area (Å²) in [4.78, 5) is 13.8. The molecule has 0 saturated heterocycles. The molecule has 0 fully saturated rings. The van der Waals surface area contributed by atoms with Gasteiger partial charge in [0.15, 0.2) is 0 Å². The number of nitrogens with one attached hydrogen (secondary N) is 1. The lowest BCUT2D eigenvalue weighted by Gasteiger charge is -2.30. The maximum Gasteiger partial charge on any atom is 0.323 e. The van der Waals surface area contributed by atoms with E-state index in [0.29, 0.717) is 12.5 Å². The van der Waals surface area contributed by atoms with Gasteiger partial charge >= 0.3 is 5.97 Å². The summed E-state index contributed by atoms with van der Waals surface area (Å²) in [7, 11) is 2.17. The molecule has 0 aromatic carbocycles. The molecule has 0 radical (unpaired) electrons. The molecule has 120 valence electrons. The summed E-state index contributed by atoms with van der Waals surface area (Å²) in [5.74, 6) is -0.750. The van der Waals surface area contributed by atoms with Gasteiger partial charge in [0.25, 0.3) is 0 Å². The first-order chi connectivity index (χ1) is 9.26. The van der Waals surface area contributed by atoms with Gasteiger partial charge in [0.2, 0.25) is 0 Å². The van der Waals surface area contributed by atoms with Gasteiger partial charge in [-0.05, 0) is 66.5 Å². The SMILES string of the molecule is CCC(CC)N(C)CCCCC(C)(NC(C)C)C(=O)O. The average Bonchev–Trinajstić information content (AvgIpc) is 2.35. The number of carboxylic acid groups (broad SMARTS) is 1. The van der Waals surface area contributed by atoms with E-state index in [4.69, 9.17) is 0 Å². The van der Waals surface area contributed by atoms with Crippen LogP contribution in [0.4, 0.5) is 0 Å². The van der Waals surface area contributed by atoms with E-state index in [1.165, 1.54) is 12.8 Å². The van der Waals surface area contributed by atoms with Crippen LogP contribution >= 0.6 is 0 Å². The molecular weight excluding hydrogens is 252 g/mol. The van der Waals surface area contributed by atoms with Crippen molar-refractivity contribution in [3.05, 3.63) is 0 Å². The van der Waals surface area contributed by atoms with Crippen LogP contribution in [0.5, 0.6) is 0 Å². The Balaban J connectivity index is 4.16. The lowest BCUT2D eigenvalue weighted by Crippen LogP contribution is -2.52. The first-order valence-electron chi connectivity index (χ1n) is 7.98. The number of hydrogen-bond donors (Lipinski definition) is 2. The van der Waals surface area contributed by atoms with Crippen molar-refractivity contribution >= 4 is 5.97 Å². The van der Waals surface area contributed by atoms with E-state index in [9.17, 15) is 9.90 Å². The summed E-state index contributed by atoms with van der Waals surface area (Å²) in [6, 6.07) is 0.831. The number of hydrogen-bond acceptors (Lipinski definition) is 3. The van der Waals surface area contributed by atoms with Crippen LogP contribution in [-0.2, 0) is 4.79 Å². The minimum absolute atomic E-state index is 0.184. The summed E-state index contributed by atoms with van der Waals surface area (Å²) in [6.45, 7) is 11.3. The average molecular weight is 286 g/mol. The molecule has 20 heavy (non-hydrogen) atoms.